The Labute approximate surface area is 117 Å². The van der Waals surface area contributed by atoms with Gasteiger partial charge in [0.05, 0.1) is 23.6 Å². The molecule has 104 valence electrons. The molecular formula is C14H17N5O. The molecule has 0 aliphatic carbocycles. The number of nitrogens with zero attached hydrogens (tertiary/aromatic N) is 2. The van der Waals surface area contributed by atoms with Crippen LogP contribution in [0.3, 0.4) is 0 Å². The maximum atomic E-state index is 11.4. The molecule has 0 radical (unpaired) electrons. The molecule has 6 nitrogen and oxygen atoms in total. The number of rotatable bonds is 3. The summed E-state index contributed by atoms with van der Waals surface area (Å²) in [4.78, 5) is 11.4. The molecule has 0 fully saturated rings. The van der Waals surface area contributed by atoms with Gasteiger partial charge in [0.2, 0.25) is 5.91 Å². The fraction of sp³-hybridized carbons (Fsp3) is 0.286. The van der Waals surface area contributed by atoms with Crippen LogP contribution in [0.4, 0.5) is 17.1 Å². The minimum absolute atomic E-state index is 0.0554. The van der Waals surface area contributed by atoms with Gasteiger partial charge in [0.1, 0.15) is 0 Å². The van der Waals surface area contributed by atoms with E-state index in [1.54, 1.807) is 6.20 Å². The van der Waals surface area contributed by atoms with E-state index in [0.717, 1.165) is 29.1 Å². The maximum absolute atomic E-state index is 11.4. The van der Waals surface area contributed by atoms with Gasteiger partial charge in [0, 0.05) is 25.4 Å². The zero-order valence-corrected chi connectivity index (χ0v) is 11.3. The predicted octanol–water partition coefficient (Wildman–Crippen LogP) is 1.50. The van der Waals surface area contributed by atoms with Crippen molar-refractivity contribution in [1.82, 2.24) is 9.78 Å². The zero-order chi connectivity index (χ0) is 14.1. The number of nitrogen functional groups attached to an aromatic ring is 1. The summed E-state index contributed by atoms with van der Waals surface area (Å²) in [7, 11) is 1.90. The molecule has 0 atom stereocenters. The van der Waals surface area contributed by atoms with Gasteiger partial charge in [-0.2, -0.15) is 5.10 Å². The zero-order valence-electron chi connectivity index (χ0n) is 11.3. The molecule has 1 aromatic heterocycles. The molecule has 2 heterocycles. The largest absolute Gasteiger partial charge is 0.397 e. The summed E-state index contributed by atoms with van der Waals surface area (Å²) in [6.45, 7) is 0.632. The minimum Gasteiger partial charge on any atom is -0.397 e. The van der Waals surface area contributed by atoms with Gasteiger partial charge in [-0.15, -0.1) is 0 Å². The van der Waals surface area contributed by atoms with Crippen LogP contribution in [0.2, 0.25) is 0 Å². The van der Waals surface area contributed by atoms with Crippen molar-refractivity contribution in [3.05, 3.63) is 35.7 Å². The van der Waals surface area contributed by atoms with Gasteiger partial charge in [0.15, 0.2) is 0 Å². The van der Waals surface area contributed by atoms with E-state index in [-0.39, 0.29) is 5.91 Å². The molecule has 0 saturated carbocycles. The maximum Gasteiger partial charge on any atom is 0.224 e. The molecule has 4 N–H and O–H groups in total. The number of hydrogen-bond acceptors (Lipinski definition) is 4. The molecule has 1 amide bonds. The first-order valence-corrected chi connectivity index (χ1v) is 6.56. The van der Waals surface area contributed by atoms with Crippen LogP contribution in [0, 0.1) is 0 Å². The summed E-state index contributed by atoms with van der Waals surface area (Å²) >= 11 is 0. The topological polar surface area (TPSA) is 85.0 Å². The van der Waals surface area contributed by atoms with Crippen molar-refractivity contribution in [2.75, 3.05) is 16.4 Å². The molecule has 3 rings (SSSR count). The van der Waals surface area contributed by atoms with Crippen LogP contribution < -0.4 is 16.4 Å². The van der Waals surface area contributed by atoms with E-state index in [2.05, 4.69) is 15.7 Å². The fourth-order valence-electron chi connectivity index (χ4n) is 2.36. The molecule has 1 aliphatic rings. The van der Waals surface area contributed by atoms with E-state index < -0.39 is 0 Å². The first-order valence-electron chi connectivity index (χ1n) is 6.56. The van der Waals surface area contributed by atoms with Crippen LogP contribution in [0.5, 0.6) is 0 Å². The van der Waals surface area contributed by atoms with Crippen LogP contribution in [-0.4, -0.2) is 15.7 Å². The van der Waals surface area contributed by atoms with Crippen molar-refractivity contribution >= 4 is 23.0 Å². The molecule has 1 aromatic carbocycles. The fourth-order valence-corrected chi connectivity index (χ4v) is 2.36. The smallest absolute Gasteiger partial charge is 0.224 e. The van der Waals surface area contributed by atoms with Gasteiger partial charge in [-0.1, -0.05) is 0 Å². The number of benzene rings is 1. The minimum atomic E-state index is 0.0554. The van der Waals surface area contributed by atoms with Gasteiger partial charge in [0.25, 0.3) is 0 Å². The number of amides is 1. The molecule has 6 heteroatoms. The highest BCUT2D eigenvalue weighted by molar-refractivity contribution is 5.95. The highest BCUT2D eigenvalue weighted by Crippen LogP contribution is 2.31. The van der Waals surface area contributed by atoms with Gasteiger partial charge in [-0.3, -0.25) is 9.48 Å². The van der Waals surface area contributed by atoms with E-state index in [0.29, 0.717) is 18.7 Å². The Hall–Kier alpha value is -2.50. The van der Waals surface area contributed by atoms with E-state index in [4.69, 9.17) is 5.73 Å². The van der Waals surface area contributed by atoms with Crippen molar-refractivity contribution < 1.29 is 4.79 Å². The van der Waals surface area contributed by atoms with Crippen molar-refractivity contribution in [3.8, 4) is 0 Å². The van der Waals surface area contributed by atoms with E-state index >= 15 is 0 Å². The van der Waals surface area contributed by atoms with Gasteiger partial charge in [-0.05, 0) is 30.2 Å². The first-order chi connectivity index (χ1) is 9.63. The Balaban J connectivity index is 1.81. The summed E-state index contributed by atoms with van der Waals surface area (Å²) in [5.41, 5.74) is 10.6. The Bertz CT molecular complexity index is 662. The standard InChI is InChI=1S/C14H17N5O/c1-19-10(4-5-17-19)8-16-13-7-12-9(6-11(13)15)2-3-14(20)18-12/h4-7,16H,2-3,8,15H2,1H3,(H,18,20). The number of carbonyl (C=O) groups is 1. The molecule has 0 unspecified atom stereocenters. The molecule has 1 aliphatic heterocycles. The number of carbonyl (C=O) groups excluding carboxylic acids is 1. The summed E-state index contributed by atoms with van der Waals surface area (Å²) < 4.78 is 1.81. The lowest BCUT2D eigenvalue weighted by molar-refractivity contribution is -0.116. The van der Waals surface area contributed by atoms with Gasteiger partial charge >= 0.3 is 0 Å². The van der Waals surface area contributed by atoms with Crippen molar-refractivity contribution in [1.29, 1.82) is 0 Å². The third-order valence-corrected chi connectivity index (χ3v) is 3.55. The summed E-state index contributed by atoms with van der Waals surface area (Å²) in [5, 5.41) is 10.3. The second-order valence-corrected chi connectivity index (χ2v) is 4.94. The molecule has 0 bridgehead atoms. The molecule has 0 spiro atoms. The number of nitrogens with two attached hydrogens (primary N) is 1. The average molecular weight is 271 g/mol. The average Bonchev–Trinajstić information content (AvgIpc) is 2.82. The van der Waals surface area contributed by atoms with Crippen LogP contribution in [0.1, 0.15) is 17.7 Å². The SMILES string of the molecule is Cn1nccc1CNc1cc2c(cc1N)CCC(=O)N2. The molecule has 20 heavy (non-hydrogen) atoms. The summed E-state index contributed by atoms with van der Waals surface area (Å²) in [6.07, 6.45) is 3.02. The Morgan fingerprint density at radius 2 is 2.30 bits per heavy atom. The van der Waals surface area contributed by atoms with Crippen molar-refractivity contribution in [2.45, 2.75) is 19.4 Å². The second-order valence-electron chi connectivity index (χ2n) is 4.94. The first kappa shape index (κ1) is 12.5. The van der Waals surface area contributed by atoms with Crippen molar-refractivity contribution in [2.24, 2.45) is 7.05 Å². The van der Waals surface area contributed by atoms with Crippen LogP contribution >= 0.6 is 0 Å². The third kappa shape index (κ3) is 2.32. The summed E-state index contributed by atoms with van der Waals surface area (Å²) in [5.74, 6) is 0.0554. The highest BCUT2D eigenvalue weighted by Gasteiger charge is 2.16. The van der Waals surface area contributed by atoms with Crippen LogP contribution in [-0.2, 0) is 24.8 Å². The van der Waals surface area contributed by atoms with Gasteiger partial charge < -0.3 is 16.4 Å². The molecule has 0 saturated heterocycles. The lowest BCUT2D eigenvalue weighted by Gasteiger charge is -2.19. The highest BCUT2D eigenvalue weighted by atomic mass is 16.1. The van der Waals surface area contributed by atoms with Crippen LogP contribution in [0.15, 0.2) is 24.4 Å². The number of nitrogens with one attached hydrogen (secondary N) is 2. The van der Waals surface area contributed by atoms with E-state index in [1.807, 2.05) is 29.9 Å². The second kappa shape index (κ2) is 4.88. The van der Waals surface area contributed by atoms with E-state index in [1.165, 1.54) is 0 Å². The van der Waals surface area contributed by atoms with Gasteiger partial charge in [-0.25, -0.2) is 0 Å². The Morgan fingerprint density at radius 1 is 1.45 bits per heavy atom. The molecular weight excluding hydrogens is 254 g/mol. The number of fused-ring (bicyclic) bond motifs is 1. The number of anilines is 3. The third-order valence-electron chi connectivity index (χ3n) is 3.55. The monoisotopic (exact) mass is 271 g/mol. The van der Waals surface area contributed by atoms with E-state index in [9.17, 15) is 4.79 Å². The lowest BCUT2D eigenvalue weighted by atomic mass is 10.0. The normalized spacial score (nSPS) is 13.8. The van der Waals surface area contributed by atoms with Crippen molar-refractivity contribution in [3.63, 3.8) is 0 Å². The lowest BCUT2D eigenvalue weighted by Crippen LogP contribution is -2.19. The Morgan fingerprint density at radius 3 is 3.05 bits per heavy atom. The van der Waals surface area contributed by atoms with Crippen LogP contribution in [0.25, 0.3) is 0 Å². The number of hydrogen-bond donors (Lipinski definition) is 3. The summed E-state index contributed by atoms with van der Waals surface area (Å²) in [6, 6.07) is 5.78. The predicted molar refractivity (Wildman–Crippen MR) is 78.3 cm³/mol. The Kier molecular flexibility index (Phi) is 3.06. The quantitative estimate of drug-likeness (QED) is 0.738. The number of aryl methyl sites for hydroxylation is 2. The number of aromatic nitrogens is 2. The molecule has 2 aromatic rings.